The van der Waals surface area contributed by atoms with E-state index in [4.69, 9.17) is 9.47 Å². The Morgan fingerprint density at radius 1 is 1.17 bits per heavy atom. The minimum atomic E-state index is -0.526. The van der Waals surface area contributed by atoms with Crippen LogP contribution in [0.3, 0.4) is 0 Å². The van der Waals surface area contributed by atoms with E-state index in [1.807, 2.05) is 12.1 Å². The summed E-state index contributed by atoms with van der Waals surface area (Å²) in [5, 5.41) is 16.2. The average molecular weight is 480 g/mol. The van der Waals surface area contributed by atoms with Gasteiger partial charge < -0.3 is 20.1 Å². The Labute approximate surface area is 184 Å². The van der Waals surface area contributed by atoms with Crippen LogP contribution in [0.1, 0.15) is 32.8 Å². The van der Waals surface area contributed by atoms with Crippen molar-refractivity contribution in [2.45, 2.75) is 32.6 Å². The van der Waals surface area contributed by atoms with E-state index in [2.05, 4.69) is 53.4 Å². The number of carbonyl (C=O) groups is 1. The second-order valence-corrected chi connectivity index (χ2v) is 8.47. The van der Waals surface area contributed by atoms with E-state index in [9.17, 15) is 14.9 Å². The molecule has 0 saturated heterocycles. The zero-order valence-corrected chi connectivity index (χ0v) is 19.0. The van der Waals surface area contributed by atoms with Crippen molar-refractivity contribution in [3.8, 4) is 11.5 Å². The van der Waals surface area contributed by atoms with Crippen molar-refractivity contribution in [3.63, 3.8) is 0 Å². The largest absolute Gasteiger partial charge is 0.494 e. The molecule has 0 unspecified atom stereocenters. The number of amides is 2. The summed E-state index contributed by atoms with van der Waals surface area (Å²) in [6.07, 6.45) is 0.609. The Morgan fingerprint density at radius 3 is 2.50 bits per heavy atom. The van der Waals surface area contributed by atoms with Crippen LogP contribution in [0.2, 0.25) is 0 Å². The van der Waals surface area contributed by atoms with Gasteiger partial charge in [0.1, 0.15) is 11.5 Å². The highest BCUT2D eigenvalue weighted by Gasteiger charge is 2.15. The Bertz CT molecular complexity index is 912. The molecule has 0 aliphatic rings. The molecule has 0 heterocycles. The van der Waals surface area contributed by atoms with Gasteiger partial charge in [-0.3, -0.25) is 10.1 Å². The maximum Gasteiger partial charge on any atom is 0.319 e. The van der Waals surface area contributed by atoms with Gasteiger partial charge in [0.15, 0.2) is 0 Å². The van der Waals surface area contributed by atoms with Gasteiger partial charge in [-0.15, -0.1) is 0 Å². The number of nitrogens with zero attached hydrogens (tertiary/aromatic N) is 1. The minimum absolute atomic E-state index is 0.0602. The molecule has 2 amide bonds. The number of nitro benzene ring substituents is 1. The summed E-state index contributed by atoms with van der Waals surface area (Å²) in [7, 11) is 1.38. The van der Waals surface area contributed by atoms with Gasteiger partial charge in [-0.25, -0.2) is 4.79 Å². The number of hydrogen-bond acceptors (Lipinski definition) is 5. The molecule has 2 N–H and O–H groups in total. The summed E-state index contributed by atoms with van der Waals surface area (Å²) < 4.78 is 11.8. The number of nitro groups is 1. The lowest BCUT2D eigenvalue weighted by Gasteiger charge is -2.20. The predicted octanol–water partition coefficient (Wildman–Crippen LogP) is 5.25. The lowest BCUT2D eigenvalue weighted by Crippen LogP contribution is -2.30. The smallest absolute Gasteiger partial charge is 0.319 e. The van der Waals surface area contributed by atoms with E-state index < -0.39 is 11.0 Å². The Hall–Kier alpha value is -2.81. The molecule has 0 fully saturated rings. The summed E-state index contributed by atoms with van der Waals surface area (Å²) in [4.78, 5) is 22.4. The lowest BCUT2D eigenvalue weighted by molar-refractivity contribution is -0.384. The van der Waals surface area contributed by atoms with E-state index in [0.717, 1.165) is 10.2 Å². The van der Waals surface area contributed by atoms with E-state index in [-0.39, 0.29) is 16.9 Å². The number of anilines is 1. The normalized spacial score (nSPS) is 11.0. The second-order valence-electron chi connectivity index (χ2n) is 7.62. The molecular weight excluding hydrogens is 454 g/mol. The number of rotatable bonds is 8. The van der Waals surface area contributed by atoms with Crippen LogP contribution in [0.25, 0.3) is 0 Å². The van der Waals surface area contributed by atoms with E-state index in [0.29, 0.717) is 25.3 Å². The number of halogens is 1. The maximum absolute atomic E-state index is 12.1. The van der Waals surface area contributed by atoms with Gasteiger partial charge in [0, 0.05) is 12.6 Å². The van der Waals surface area contributed by atoms with Crippen LogP contribution in [0.5, 0.6) is 11.5 Å². The van der Waals surface area contributed by atoms with E-state index in [1.165, 1.54) is 30.9 Å². The highest BCUT2D eigenvalue weighted by Crippen LogP contribution is 2.31. The van der Waals surface area contributed by atoms with Crippen molar-refractivity contribution >= 4 is 33.3 Å². The van der Waals surface area contributed by atoms with Crippen LogP contribution in [-0.4, -0.2) is 31.2 Å². The second kappa shape index (κ2) is 10.3. The van der Waals surface area contributed by atoms with Crippen LogP contribution in [0.4, 0.5) is 16.2 Å². The molecule has 2 aromatic carbocycles. The van der Waals surface area contributed by atoms with E-state index in [1.54, 1.807) is 0 Å². The molecule has 2 rings (SSSR count). The summed E-state index contributed by atoms with van der Waals surface area (Å²) in [6, 6.07) is 9.59. The van der Waals surface area contributed by atoms with Gasteiger partial charge in [0.25, 0.3) is 5.69 Å². The first-order valence-electron chi connectivity index (χ1n) is 9.42. The van der Waals surface area contributed by atoms with Crippen LogP contribution in [-0.2, 0) is 5.41 Å². The molecule has 162 valence electrons. The average Bonchev–Trinajstić information content (AvgIpc) is 2.68. The van der Waals surface area contributed by atoms with Crippen molar-refractivity contribution in [1.29, 1.82) is 0 Å². The number of benzene rings is 2. The molecule has 0 spiro atoms. The standard InChI is InChI=1S/C21H26BrN3O5/c1-21(2,3)14-6-9-18(16(22)12-14)30-11-5-10-23-20(26)24-17-8-7-15(25(27)28)13-19(17)29-4/h6-9,12-13H,5,10-11H2,1-4H3,(H2,23,24,26). The van der Waals surface area contributed by atoms with Crippen molar-refractivity contribution in [2.75, 3.05) is 25.6 Å². The molecule has 0 aliphatic carbocycles. The first-order valence-corrected chi connectivity index (χ1v) is 10.2. The number of ether oxygens (including phenoxy) is 2. The minimum Gasteiger partial charge on any atom is -0.494 e. The molecular formula is C21H26BrN3O5. The summed E-state index contributed by atoms with van der Waals surface area (Å²) in [5.74, 6) is 0.967. The van der Waals surface area contributed by atoms with Crippen molar-refractivity contribution in [2.24, 2.45) is 0 Å². The number of carbonyl (C=O) groups excluding carboxylic acids is 1. The molecule has 0 radical (unpaired) electrons. The van der Waals surface area contributed by atoms with Gasteiger partial charge in [-0.05, 0) is 51.5 Å². The van der Waals surface area contributed by atoms with Crippen LogP contribution in [0.15, 0.2) is 40.9 Å². The Balaban J connectivity index is 1.79. The highest BCUT2D eigenvalue weighted by molar-refractivity contribution is 9.10. The quantitative estimate of drug-likeness (QED) is 0.305. The third-order valence-corrected chi connectivity index (χ3v) is 4.93. The fraction of sp³-hybridized carbons (Fsp3) is 0.381. The highest BCUT2D eigenvalue weighted by atomic mass is 79.9. The predicted molar refractivity (Wildman–Crippen MR) is 120 cm³/mol. The third-order valence-electron chi connectivity index (χ3n) is 4.31. The van der Waals surface area contributed by atoms with Crippen LogP contribution < -0.4 is 20.1 Å². The van der Waals surface area contributed by atoms with Gasteiger partial charge in [0.05, 0.1) is 34.9 Å². The third kappa shape index (κ3) is 6.62. The van der Waals surface area contributed by atoms with Gasteiger partial charge in [-0.1, -0.05) is 26.8 Å². The molecule has 0 bridgehead atoms. The Morgan fingerprint density at radius 2 is 1.90 bits per heavy atom. The van der Waals surface area contributed by atoms with Gasteiger partial charge in [-0.2, -0.15) is 0 Å². The SMILES string of the molecule is COc1cc([N+](=O)[O-])ccc1NC(=O)NCCCOc1ccc(C(C)(C)C)cc1Br. The lowest BCUT2D eigenvalue weighted by atomic mass is 9.87. The van der Waals surface area contributed by atoms with Gasteiger partial charge >= 0.3 is 6.03 Å². The molecule has 0 aliphatic heterocycles. The summed E-state index contributed by atoms with van der Waals surface area (Å²) in [5.41, 5.74) is 1.50. The van der Waals surface area contributed by atoms with Crippen molar-refractivity contribution in [3.05, 3.63) is 56.5 Å². The van der Waals surface area contributed by atoms with E-state index >= 15 is 0 Å². The molecule has 9 heteroatoms. The molecule has 2 aromatic rings. The number of nitrogens with one attached hydrogen (secondary N) is 2. The number of methoxy groups -OCH3 is 1. The zero-order valence-electron chi connectivity index (χ0n) is 17.5. The summed E-state index contributed by atoms with van der Waals surface area (Å²) in [6.45, 7) is 7.29. The molecule has 0 saturated carbocycles. The first kappa shape index (κ1) is 23.5. The number of hydrogen-bond donors (Lipinski definition) is 2. The molecule has 8 nitrogen and oxygen atoms in total. The fourth-order valence-electron chi connectivity index (χ4n) is 2.60. The molecule has 0 atom stereocenters. The maximum atomic E-state index is 12.1. The topological polar surface area (TPSA) is 103 Å². The monoisotopic (exact) mass is 479 g/mol. The molecule has 30 heavy (non-hydrogen) atoms. The van der Waals surface area contributed by atoms with Crippen molar-refractivity contribution < 1.29 is 19.2 Å². The number of urea groups is 1. The van der Waals surface area contributed by atoms with Crippen LogP contribution >= 0.6 is 15.9 Å². The van der Waals surface area contributed by atoms with Crippen LogP contribution in [0, 0.1) is 10.1 Å². The zero-order chi connectivity index (χ0) is 22.3. The number of non-ortho nitro benzene ring substituents is 1. The van der Waals surface area contributed by atoms with Crippen molar-refractivity contribution in [1.82, 2.24) is 5.32 Å². The summed E-state index contributed by atoms with van der Waals surface area (Å²) >= 11 is 3.54. The van der Waals surface area contributed by atoms with Gasteiger partial charge in [0.2, 0.25) is 0 Å². The fourth-order valence-corrected chi connectivity index (χ4v) is 3.10. The molecule has 0 aromatic heterocycles. The Kier molecular flexibility index (Phi) is 8.05. The first-order chi connectivity index (χ1) is 14.1.